The van der Waals surface area contributed by atoms with Crippen LogP contribution in [-0.4, -0.2) is 73.2 Å². The van der Waals surface area contributed by atoms with Gasteiger partial charge < -0.3 is 0 Å². The van der Waals surface area contributed by atoms with E-state index in [1.165, 1.54) is 16.3 Å². The third-order valence-corrected chi connectivity index (χ3v) is 7.37. The second-order valence-corrected chi connectivity index (χ2v) is 9.52. The van der Waals surface area contributed by atoms with Gasteiger partial charge in [-0.15, -0.1) is 0 Å². The third-order valence-electron chi connectivity index (χ3n) is 6.74. The number of hydrazine groups is 1. The van der Waals surface area contributed by atoms with Crippen molar-refractivity contribution >= 4 is 35.0 Å². The molecule has 0 radical (unpaired) electrons. The highest BCUT2D eigenvalue weighted by Gasteiger charge is 2.62. The minimum atomic E-state index is -1.26. The van der Waals surface area contributed by atoms with Crippen LogP contribution in [0.15, 0.2) is 34.6 Å². The number of carbonyl (C=O) groups is 2. The van der Waals surface area contributed by atoms with Gasteiger partial charge in [0.15, 0.2) is 17.5 Å². The van der Waals surface area contributed by atoms with E-state index in [0.717, 1.165) is 11.5 Å². The van der Waals surface area contributed by atoms with E-state index in [2.05, 4.69) is 9.80 Å². The molecule has 4 rings (SSSR count). The molecule has 13 heteroatoms. The van der Waals surface area contributed by atoms with E-state index in [9.17, 15) is 24.1 Å². The van der Waals surface area contributed by atoms with Gasteiger partial charge in [-0.1, -0.05) is 39.0 Å². The molecule has 1 fully saturated rings. The van der Waals surface area contributed by atoms with E-state index in [1.807, 2.05) is 20.8 Å². The highest BCUT2D eigenvalue weighted by atomic mass is 32.1. The number of nitro groups is 1. The monoisotopic (exact) mass is 531 g/mol. The van der Waals surface area contributed by atoms with E-state index in [-0.39, 0.29) is 43.2 Å². The molecule has 37 heavy (non-hydrogen) atoms. The summed E-state index contributed by atoms with van der Waals surface area (Å²) in [6.45, 7) is 6.42. The first-order chi connectivity index (χ1) is 17.8. The van der Waals surface area contributed by atoms with Crippen molar-refractivity contribution in [2.45, 2.75) is 58.2 Å². The van der Waals surface area contributed by atoms with E-state index in [1.54, 1.807) is 28.1 Å². The van der Waals surface area contributed by atoms with Crippen LogP contribution in [0.1, 0.15) is 44.9 Å². The Morgan fingerprint density at radius 1 is 1.22 bits per heavy atom. The van der Waals surface area contributed by atoms with Crippen molar-refractivity contribution in [3.63, 3.8) is 0 Å². The number of carbonyl (C=O) groups excluding carboxylic acids is 2. The SMILES string of the molecule is CCCN1C(=O)C2N(NCC)C(Cc3nscc3F)=NC2(CC)N(CCc2ccccc2[N+](=O)[O-])C1=O. The van der Waals surface area contributed by atoms with Gasteiger partial charge in [-0.2, -0.15) is 4.37 Å². The molecule has 1 saturated heterocycles. The molecule has 1 aromatic heterocycles. The fourth-order valence-corrected chi connectivity index (χ4v) is 5.63. The number of nitrogens with zero attached hydrogens (tertiary/aromatic N) is 6. The van der Waals surface area contributed by atoms with E-state index >= 15 is 0 Å². The summed E-state index contributed by atoms with van der Waals surface area (Å²) in [6, 6.07) is 5.05. The number of rotatable bonds is 11. The average Bonchev–Trinajstić information content (AvgIpc) is 3.43. The van der Waals surface area contributed by atoms with Crippen LogP contribution >= 0.6 is 11.5 Å². The van der Waals surface area contributed by atoms with E-state index < -0.39 is 28.5 Å². The van der Waals surface area contributed by atoms with Gasteiger partial charge in [-0.05, 0) is 30.8 Å². The zero-order valence-electron chi connectivity index (χ0n) is 21.0. The van der Waals surface area contributed by atoms with Crippen LogP contribution in [0.25, 0.3) is 0 Å². The summed E-state index contributed by atoms with van der Waals surface area (Å²) in [5.41, 5.74) is 2.60. The number of aliphatic imine (C=N–C) groups is 1. The number of halogens is 1. The number of urea groups is 1. The van der Waals surface area contributed by atoms with Crippen LogP contribution in [0.2, 0.25) is 0 Å². The first kappa shape index (κ1) is 26.6. The maximum absolute atomic E-state index is 14.3. The summed E-state index contributed by atoms with van der Waals surface area (Å²) >= 11 is 0.999. The molecule has 1 aromatic carbocycles. The molecular weight excluding hydrogens is 501 g/mol. The second kappa shape index (κ2) is 10.9. The van der Waals surface area contributed by atoms with Gasteiger partial charge in [0, 0.05) is 36.6 Å². The molecule has 198 valence electrons. The molecule has 2 aliphatic heterocycles. The molecule has 2 aromatic rings. The lowest BCUT2D eigenvalue weighted by Crippen LogP contribution is -2.73. The van der Waals surface area contributed by atoms with Gasteiger partial charge in [-0.3, -0.25) is 29.7 Å². The van der Waals surface area contributed by atoms with Crippen molar-refractivity contribution in [2.24, 2.45) is 4.99 Å². The van der Waals surface area contributed by atoms with Crippen molar-refractivity contribution in [3.8, 4) is 0 Å². The lowest BCUT2D eigenvalue weighted by Gasteiger charge is -2.50. The summed E-state index contributed by atoms with van der Waals surface area (Å²) in [5.74, 6) is -0.421. The molecule has 11 nitrogen and oxygen atoms in total. The molecule has 2 unspecified atom stereocenters. The zero-order chi connectivity index (χ0) is 26.7. The van der Waals surface area contributed by atoms with E-state index in [4.69, 9.17) is 4.99 Å². The third kappa shape index (κ3) is 4.68. The summed E-state index contributed by atoms with van der Waals surface area (Å²) < 4.78 is 18.4. The maximum atomic E-state index is 14.3. The molecule has 2 aliphatic rings. The number of para-hydroxylation sites is 1. The standard InChI is InChI=1S/C24H30FN7O4S/c1-4-12-29-22(33)21-24(5-2,27-20(31(21)26-6-3)14-18-17(25)15-37-28-18)30(23(29)34)13-11-16-9-7-8-10-19(16)32(35)36/h7-10,15,21,26H,4-6,11-14H2,1-3H3. The highest BCUT2D eigenvalue weighted by Crippen LogP contribution is 2.40. The van der Waals surface area contributed by atoms with Crippen LogP contribution in [0.5, 0.6) is 0 Å². The summed E-state index contributed by atoms with van der Waals surface area (Å²) in [5, 5.41) is 14.5. The minimum absolute atomic E-state index is 0.0283. The van der Waals surface area contributed by atoms with Crippen LogP contribution in [0, 0.1) is 15.9 Å². The molecule has 3 heterocycles. The first-order valence-corrected chi connectivity index (χ1v) is 13.2. The predicted octanol–water partition coefficient (Wildman–Crippen LogP) is 3.36. The first-order valence-electron chi connectivity index (χ1n) is 12.3. The zero-order valence-corrected chi connectivity index (χ0v) is 21.8. The lowest BCUT2D eigenvalue weighted by molar-refractivity contribution is -0.385. The Bertz CT molecular complexity index is 1220. The second-order valence-electron chi connectivity index (χ2n) is 8.89. The number of imide groups is 1. The predicted molar refractivity (Wildman–Crippen MR) is 136 cm³/mol. The summed E-state index contributed by atoms with van der Waals surface area (Å²) in [6.07, 6.45) is 1.14. The van der Waals surface area contributed by atoms with Crippen molar-refractivity contribution in [1.82, 2.24) is 24.6 Å². The normalized spacial score (nSPS) is 21.5. The van der Waals surface area contributed by atoms with Crippen molar-refractivity contribution in [3.05, 3.63) is 56.8 Å². The Kier molecular flexibility index (Phi) is 7.83. The molecule has 0 spiro atoms. The van der Waals surface area contributed by atoms with Gasteiger partial charge in [0.25, 0.3) is 11.6 Å². The summed E-state index contributed by atoms with van der Waals surface area (Å²) in [7, 11) is 0. The number of nitrogens with one attached hydrogen (secondary N) is 1. The van der Waals surface area contributed by atoms with Crippen LogP contribution < -0.4 is 5.43 Å². The number of hydrogen-bond donors (Lipinski definition) is 1. The van der Waals surface area contributed by atoms with Crippen LogP contribution in [-0.2, 0) is 17.6 Å². The smallest absolute Gasteiger partial charge is 0.296 e. The Morgan fingerprint density at radius 2 is 1.97 bits per heavy atom. The lowest BCUT2D eigenvalue weighted by atomic mass is 9.91. The molecule has 3 amide bonds. The Labute approximate surface area is 218 Å². The van der Waals surface area contributed by atoms with Crippen molar-refractivity contribution < 1.29 is 18.9 Å². The quantitative estimate of drug-likeness (QED) is 0.348. The molecular formula is C24H30FN7O4S. The Morgan fingerprint density at radius 3 is 2.59 bits per heavy atom. The Hall–Kier alpha value is -3.45. The number of amides is 3. The molecule has 0 aliphatic carbocycles. The average molecular weight is 532 g/mol. The molecule has 2 atom stereocenters. The van der Waals surface area contributed by atoms with Gasteiger partial charge in [-0.25, -0.2) is 19.6 Å². The van der Waals surface area contributed by atoms with Crippen molar-refractivity contribution in [1.29, 1.82) is 0 Å². The van der Waals surface area contributed by atoms with Gasteiger partial charge in [0.05, 0.1) is 17.0 Å². The number of fused-ring (bicyclic) bond motifs is 1. The Balaban J connectivity index is 1.78. The fraction of sp³-hybridized carbons (Fsp3) is 0.500. The number of hydrogen-bond acceptors (Lipinski definition) is 9. The largest absolute Gasteiger partial charge is 0.328 e. The number of aromatic nitrogens is 1. The highest BCUT2D eigenvalue weighted by molar-refractivity contribution is 7.03. The fourth-order valence-electron chi connectivity index (χ4n) is 5.07. The summed E-state index contributed by atoms with van der Waals surface area (Å²) in [4.78, 5) is 46.3. The van der Waals surface area contributed by atoms with Gasteiger partial charge >= 0.3 is 6.03 Å². The van der Waals surface area contributed by atoms with Gasteiger partial charge in [0.1, 0.15) is 5.84 Å². The maximum Gasteiger partial charge on any atom is 0.328 e. The number of benzene rings is 1. The van der Waals surface area contributed by atoms with Crippen LogP contribution in [0.4, 0.5) is 14.9 Å². The molecule has 1 N–H and O–H groups in total. The minimum Gasteiger partial charge on any atom is -0.296 e. The van der Waals surface area contributed by atoms with Gasteiger partial charge in [0.2, 0.25) is 0 Å². The topological polar surface area (TPSA) is 124 Å². The number of nitro benzene ring substituents is 1. The molecule has 0 bridgehead atoms. The molecule has 0 saturated carbocycles. The van der Waals surface area contributed by atoms with Crippen LogP contribution in [0.3, 0.4) is 0 Å². The van der Waals surface area contributed by atoms with Crippen molar-refractivity contribution in [2.75, 3.05) is 19.6 Å². The number of amidine groups is 1. The van der Waals surface area contributed by atoms with E-state index in [0.29, 0.717) is 30.8 Å².